The van der Waals surface area contributed by atoms with Crippen molar-refractivity contribution in [1.29, 1.82) is 0 Å². The van der Waals surface area contributed by atoms with Crippen molar-refractivity contribution >= 4 is 34.0 Å². The van der Waals surface area contributed by atoms with Gasteiger partial charge < -0.3 is 19.1 Å². The lowest BCUT2D eigenvalue weighted by molar-refractivity contribution is -0.132. The Labute approximate surface area is 221 Å². The summed E-state index contributed by atoms with van der Waals surface area (Å²) >= 11 is 0. The van der Waals surface area contributed by atoms with Crippen LogP contribution in [-0.2, 0) is 16.6 Å². The number of hydrogen-bond donors (Lipinski definition) is 1. The van der Waals surface area contributed by atoms with Crippen LogP contribution in [0.2, 0.25) is 0 Å². The van der Waals surface area contributed by atoms with Crippen LogP contribution < -0.4 is 14.4 Å². The van der Waals surface area contributed by atoms with Crippen LogP contribution in [0.25, 0.3) is 16.7 Å². The van der Waals surface area contributed by atoms with Gasteiger partial charge in [-0.2, -0.15) is 0 Å². The molecular weight excluding hydrogens is 480 g/mol. The standard InChI is InChI=1S/C31H30N2O5/c1-5-16-38-26-15-10-20(17-19(26)2)29(34)27-28(24-18-32(3)25-9-7-6-8-23(24)25)33(31(36)30(27)35)21-11-13-22(37-4)14-12-21/h6-15,17-18,28,34H,5,16H2,1-4H3/b29-27+. The number of nitrogens with zero attached hydrogens (tertiary/aromatic N) is 2. The van der Waals surface area contributed by atoms with Crippen molar-refractivity contribution in [3.63, 3.8) is 0 Å². The Morgan fingerprint density at radius 1 is 1.03 bits per heavy atom. The fraction of sp³-hybridized carbons (Fsp3) is 0.226. The number of carbonyl (C=O) groups excluding carboxylic acids is 2. The zero-order valence-electron chi connectivity index (χ0n) is 21.9. The van der Waals surface area contributed by atoms with Crippen LogP contribution in [0, 0.1) is 6.92 Å². The molecule has 1 N–H and O–H groups in total. The molecule has 5 rings (SSSR count). The second-order valence-electron chi connectivity index (χ2n) is 9.41. The van der Waals surface area contributed by atoms with E-state index in [1.165, 1.54) is 4.90 Å². The number of aliphatic hydroxyl groups excluding tert-OH is 1. The van der Waals surface area contributed by atoms with E-state index in [9.17, 15) is 14.7 Å². The lowest BCUT2D eigenvalue weighted by atomic mass is 9.94. The number of methoxy groups -OCH3 is 1. The highest BCUT2D eigenvalue weighted by Gasteiger charge is 2.48. The van der Waals surface area contributed by atoms with Gasteiger partial charge in [-0.25, -0.2) is 0 Å². The third kappa shape index (κ3) is 4.20. The minimum absolute atomic E-state index is 0.0452. The summed E-state index contributed by atoms with van der Waals surface area (Å²) in [6.07, 6.45) is 2.79. The number of aliphatic hydroxyl groups is 1. The van der Waals surface area contributed by atoms with E-state index in [-0.39, 0.29) is 11.3 Å². The number of Topliss-reactive ketones (excluding diaryl/α,β-unsaturated/α-hetero) is 1. The number of aryl methyl sites for hydroxylation is 2. The van der Waals surface area contributed by atoms with Gasteiger partial charge in [-0.05, 0) is 67.4 Å². The molecule has 194 valence electrons. The van der Waals surface area contributed by atoms with E-state index < -0.39 is 17.7 Å². The Hall–Kier alpha value is -4.52. The molecule has 1 atom stereocenters. The van der Waals surface area contributed by atoms with E-state index in [1.807, 2.05) is 55.9 Å². The van der Waals surface area contributed by atoms with Gasteiger partial charge in [0.2, 0.25) is 0 Å². The molecule has 0 aliphatic carbocycles. The summed E-state index contributed by atoms with van der Waals surface area (Å²) in [5.41, 5.74) is 3.56. The van der Waals surface area contributed by atoms with Gasteiger partial charge in [-0.3, -0.25) is 14.5 Å². The fourth-order valence-electron chi connectivity index (χ4n) is 5.05. The number of ketones is 1. The number of amides is 1. The summed E-state index contributed by atoms with van der Waals surface area (Å²) in [5, 5.41) is 12.5. The molecule has 1 fully saturated rings. The lowest BCUT2D eigenvalue weighted by Gasteiger charge is -2.25. The fourth-order valence-corrected chi connectivity index (χ4v) is 5.05. The van der Waals surface area contributed by atoms with Crippen LogP contribution >= 0.6 is 0 Å². The van der Waals surface area contributed by atoms with E-state index in [4.69, 9.17) is 9.47 Å². The third-order valence-corrected chi connectivity index (χ3v) is 6.93. The molecule has 0 spiro atoms. The van der Waals surface area contributed by atoms with E-state index in [0.29, 0.717) is 29.4 Å². The third-order valence-electron chi connectivity index (χ3n) is 6.93. The number of hydrogen-bond acceptors (Lipinski definition) is 5. The maximum absolute atomic E-state index is 13.6. The number of aromatic nitrogens is 1. The van der Waals surface area contributed by atoms with Crippen molar-refractivity contribution in [2.24, 2.45) is 7.05 Å². The van der Waals surface area contributed by atoms with Gasteiger partial charge >= 0.3 is 0 Å². The predicted molar refractivity (Wildman–Crippen MR) is 148 cm³/mol. The molecule has 1 aromatic heterocycles. The highest BCUT2D eigenvalue weighted by molar-refractivity contribution is 6.51. The zero-order chi connectivity index (χ0) is 27.0. The Morgan fingerprint density at radius 2 is 1.76 bits per heavy atom. The molecule has 7 heteroatoms. The molecule has 1 aliphatic rings. The number of fused-ring (bicyclic) bond motifs is 1. The highest BCUT2D eigenvalue weighted by Crippen LogP contribution is 2.45. The minimum atomic E-state index is -0.828. The number of ether oxygens (including phenoxy) is 2. The molecule has 0 radical (unpaired) electrons. The van der Waals surface area contributed by atoms with E-state index in [1.54, 1.807) is 49.6 Å². The first-order chi connectivity index (χ1) is 18.3. The summed E-state index contributed by atoms with van der Waals surface area (Å²) in [6.45, 7) is 4.50. The van der Waals surface area contributed by atoms with E-state index in [2.05, 4.69) is 0 Å². The van der Waals surface area contributed by atoms with Crippen molar-refractivity contribution in [1.82, 2.24) is 4.57 Å². The number of benzene rings is 3. The first kappa shape index (κ1) is 25.1. The van der Waals surface area contributed by atoms with E-state index >= 15 is 0 Å². The molecule has 1 amide bonds. The normalized spacial score (nSPS) is 16.8. The highest BCUT2D eigenvalue weighted by atomic mass is 16.5. The SMILES string of the molecule is CCCOc1ccc(/C(O)=C2\C(=O)C(=O)N(c3ccc(OC)cc3)C2c2cn(C)c3ccccc23)cc1C. The van der Waals surface area contributed by atoms with Crippen molar-refractivity contribution in [2.75, 3.05) is 18.6 Å². The van der Waals surface area contributed by atoms with Gasteiger partial charge in [-0.1, -0.05) is 25.1 Å². The molecule has 4 aromatic rings. The second kappa shape index (κ2) is 10.1. The summed E-state index contributed by atoms with van der Waals surface area (Å²) in [5.74, 6) is -0.308. The first-order valence-corrected chi connectivity index (χ1v) is 12.6. The predicted octanol–water partition coefficient (Wildman–Crippen LogP) is 5.91. The summed E-state index contributed by atoms with van der Waals surface area (Å²) < 4.78 is 13.0. The van der Waals surface area contributed by atoms with Crippen molar-refractivity contribution in [2.45, 2.75) is 26.3 Å². The number of rotatable bonds is 7. The average Bonchev–Trinajstić information content (AvgIpc) is 3.40. The molecular formula is C31H30N2O5. The first-order valence-electron chi connectivity index (χ1n) is 12.6. The van der Waals surface area contributed by atoms with Crippen LogP contribution in [0.5, 0.6) is 11.5 Å². The molecule has 0 saturated carbocycles. The summed E-state index contributed by atoms with van der Waals surface area (Å²) in [6, 6.07) is 19.2. The van der Waals surface area contributed by atoms with Crippen molar-refractivity contribution in [3.8, 4) is 11.5 Å². The Balaban J connectivity index is 1.72. The topological polar surface area (TPSA) is 81.0 Å². The molecule has 3 aromatic carbocycles. The smallest absolute Gasteiger partial charge is 0.300 e. The Morgan fingerprint density at radius 3 is 2.45 bits per heavy atom. The van der Waals surface area contributed by atoms with Crippen LogP contribution in [0.4, 0.5) is 5.69 Å². The van der Waals surface area contributed by atoms with Gasteiger partial charge in [0, 0.05) is 41.0 Å². The van der Waals surface area contributed by atoms with Gasteiger partial charge in [0.1, 0.15) is 17.3 Å². The Bertz CT molecular complexity index is 1570. The average molecular weight is 511 g/mol. The maximum atomic E-state index is 13.6. The molecule has 7 nitrogen and oxygen atoms in total. The quantitative estimate of drug-likeness (QED) is 0.190. The summed E-state index contributed by atoms with van der Waals surface area (Å²) in [7, 11) is 3.49. The number of para-hydroxylation sites is 1. The number of anilines is 1. The lowest BCUT2D eigenvalue weighted by Crippen LogP contribution is -2.29. The summed E-state index contributed by atoms with van der Waals surface area (Å²) in [4.78, 5) is 28.6. The second-order valence-corrected chi connectivity index (χ2v) is 9.41. The van der Waals surface area contributed by atoms with Gasteiger partial charge in [0.15, 0.2) is 0 Å². The molecule has 0 bridgehead atoms. The molecule has 1 saturated heterocycles. The minimum Gasteiger partial charge on any atom is -0.507 e. The van der Waals surface area contributed by atoms with Crippen molar-refractivity contribution < 1.29 is 24.2 Å². The molecule has 1 unspecified atom stereocenters. The van der Waals surface area contributed by atoms with Crippen LogP contribution in [0.15, 0.2) is 78.5 Å². The largest absolute Gasteiger partial charge is 0.507 e. The van der Waals surface area contributed by atoms with Crippen LogP contribution in [0.3, 0.4) is 0 Å². The van der Waals surface area contributed by atoms with Crippen molar-refractivity contribution in [3.05, 3.63) is 95.2 Å². The van der Waals surface area contributed by atoms with Gasteiger partial charge in [0.25, 0.3) is 11.7 Å². The zero-order valence-corrected chi connectivity index (χ0v) is 21.9. The number of carbonyl (C=O) groups is 2. The van der Waals surface area contributed by atoms with E-state index in [0.717, 1.165) is 28.5 Å². The van der Waals surface area contributed by atoms with Gasteiger partial charge in [0.05, 0.1) is 25.3 Å². The molecule has 2 heterocycles. The van der Waals surface area contributed by atoms with Crippen LogP contribution in [0.1, 0.15) is 36.1 Å². The van der Waals surface area contributed by atoms with Crippen LogP contribution in [-0.4, -0.2) is 35.1 Å². The molecule has 1 aliphatic heterocycles. The maximum Gasteiger partial charge on any atom is 0.300 e. The monoisotopic (exact) mass is 510 g/mol. The molecule has 38 heavy (non-hydrogen) atoms. The van der Waals surface area contributed by atoms with Gasteiger partial charge in [-0.15, -0.1) is 0 Å². The Kier molecular flexibility index (Phi) is 6.68.